The number of hydrogen-bond acceptors (Lipinski definition) is 3. The van der Waals surface area contributed by atoms with E-state index in [0.29, 0.717) is 31.8 Å². The highest BCUT2D eigenvalue weighted by molar-refractivity contribution is 5.90. The normalized spacial score (nSPS) is 17.6. The summed E-state index contributed by atoms with van der Waals surface area (Å²) in [6.45, 7) is 5.27. The molecule has 1 aliphatic heterocycles. The summed E-state index contributed by atoms with van der Waals surface area (Å²) in [6.07, 6.45) is 1.23. The number of carbonyl (C=O) groups is 2. The van der Waals surface area contributed by atoms with Crippen LogP contribution in [0.15, 0.2) is 30.3 Å². The van der Waals surface area contributed by atoms with Crippen LogP contribution in [0.4, 0.5) is 0 Å². The van der Waals surface area contributed by atoms with Gasteiger partial charge in [-0.2, -0.15) is 0 Å². The predicted molar refractivity (Wildman–Crippen MR) is 86.0 cm³/mol. The van der Waals surface area contributed by atoms with Gasteiger partial charge in [-0.3, -0.25) is 9.59 Å². The topological polar surface area (TPSA) is 84.2 Å². The van der Waals surface area contributed by atoms with Crippen LogP contribution < -0.4 is 16.4 Å². The third kappa shape index (κ3) is 3.85. The molecule has 5 heteroatoms. The van der Waals surface area contributed by atoms with Gasteiger partial charge in [0.15, 0.2) is 0 Å². The van der Waals surface area contributed by atoms with Crippen molar-refractivity contribution in [3.8, 4) is 0 Å². The minimum absolute atomic E-state index is 0.0837. The molecular weight excluding hydrogens is 278 g/mol. The number of rotatable bonds is 7. The Labute approximate surface area is 131 Å². The van der Waals surface area contributed by atoms with Gasteiger partial charge in [0.2, 0.25) is 11.8 Å². The molecule has 1 aromatic carbocycles. The summed E-state index contributed by atoms with van der Waals surface area (Å²) in [6, 6.07) is 9.35. The van der Waals surface area contributed by atoms with Gasteiger partial charge < -0.3 is 16.4 Å². The van der Waals surface area contributed by atoms with Crippen molar-refractivity contribution in [2.24, 2.45) is 17.1 Å². The molecule has 4 N–H and O–H groups in total. The Kier molecular flexibility index (Phi) is 5.19. The van der Waals surface area contributed by atoms with E-state index in [0.717, 1.165) is 5.56 Å². The molecule has 0 spiro atoms. The van der Waals surface area contributed by atoms with Crippen molar-refractivity contribution in [2.75, 3.05) is 13.1 Å². The number of nitrogens with one attached hydrogen (secondary N) is 2. The second-order valence-corrected chi connectivity index (χ2v) is 6.60. The molecule has 22 heavy (non-hydrogen) atoms. The van der Waals surface area contributed by atoms with E-state index in [2.05, 4.69) is 10.6 Å². The Hall–Kier alpha value is -1.88. The molecular formula is C17H25N3O2. The van der Waals surface area contributed by atoms with Crippen LogP contribution in [-0.4, -0.2) is 30.9 Å². The smallest absolute Gasteiger partial charge is 0.240 e. The number of primary amides is 1. The van der Waals surface area contributed by atoms with Gasteiger partial charge in [0.25, 0.3) is 0 Å². The van der Waals surface area contributed by atoms with Crippen molar-refractivity contribution in [1.82, 2.24) is 10.6 Å². The van der Waals surface area contributed by atoms with Crippen LogP contribution in [0.25, 0.3) is 0 Å². The molecule has 1 atom stereocenters. The maximum Gasteiger partial charge on any atom is 0.240 e. The third-order valence-electron chi connectivity index (χ3n) is 4.15. The number of benzene rings is 1. The van der Waals surface area contributed by atoms with Crippen LogP contribution in [0.1, 0.15) is 25.8 Å². The van der Waals surface area contributed by atoms with E-state index in [-0.39, 0.29) is 5.91 Å². The third-order valence-corrected chi connectivity index (χ3v) is 4.15. The number of carbonyl (C=O) groups excluding carboxylic acids is 2. The molecule has 0 aliphatic carbocycles. The summed E-state index contributed by atoms with van der Waals surface area (Å²) in [5.74, 6) is -0.258. The largest absolute Gasteiger partial charge is 0.368 e. The van der Waals surface area contributed by atoms with Gasteiger partial charge in [-0.1, -0.05) is 44.2 Å². The Morgan fingerprint density at radius 3 is 2.36 bits per heavy atom. The van der Waals surface area contributed by atoms with E-state index < -0.39 is 17.4 Å². The number of hydrogen-bond donors (Lipinski definition) is 3. The first-order chi connectivity index (χ1) is 10.4. The first kappa shape index (κ1) is 16.5. The minimum atomic E-state index is -0.597. The maximum atomic E-state index is 12.7. The summed E-state index contributed by atoms with van der Waals surface area (Å²) < 4.78 is 0. The quantitative estimate of drug-likeness (QED) is 0.698. The molecule has 0 unspecified atom stereocenters. The molecule has 2 amide bonds. The fraction of sp³-hybridized carbons (Fsp3) is 0.529. The lowest BCUT2D eigenvalue weighted by atomic mass is 9.75. The maximum absolute atomic E-state index is 12.7. The Bertz CT molecular complexity index is 524. The van der Waals surface area contributed by atoms with Gasteiger partial charge >= 0.3 is 0 Å². The average Bonchev–Trinajstić information content (AvgIpc) is 2.42. The molecule has 0 radical (unpaired) electrons. The zero-order valence-electron chi connectivity index (χ0n) is 13.3. The first-order valence-corrected chi connectivity index (χ1v) is 7.78. The zero-order valence-corrected chi connectivity index (χ0v) is 13.3. The van der Waals surface area contributed by atoms with Crippen LogP contribution in [0.3, 0.4) is 0 Å². The molecule has 0 saturated carbocycles. The van der Waals surface area contributed by atoms with Crippen molar-refractivity contribution in [2.45, 2.75) is 32.7 Å². The van der Waals surface area contributed by atoms with Crippen LogP contribution in [-0.2, 0) is 16.0 Å². The monoisotopic (exact) mass is 303 g/mol. The van der Waals surface area contributed by atoms with E-state index in [4.69, 9.17) is 5.73 Å². The molecule has 0 bridgehead atoms. The molecule has 1 heterocycles. The van der Waals surface area contributed by atoms with Crippen molar-refractivity contribution in [1.29, 1.82) is 0 Å². The van der Waals surface area contributed by atoms with Gasteiger partial charge in [-0.25, -0.2) is 0 Å². The second kappa shape index (κ2) is 6.92. The van der Waals surface area contributed by atoms with Gasteiger partial charge in [0.05, 0.1) is 5.41 Å². The molecule has 120 valence electrons. The van der Waals surface area contributed by atoms with Gasteiger partial charge in [0.1, 0.15) is 6.04 Å². The fourth-order valence-electron chi connectivity index (χ4n) is 2.81. The summed E-state index contributed by atoms with van der Waals surface area (Å²) in [7, 11) is 0. The number of nitrogens with two attached hydrogens (primary N) is 1. The lowest BCUT2D eigenvalue weighted by molar-refractivity contribution is -0.137. The standard InChI is InChI=1S/C17H25N3O2/c1-12(2)8-14(15(18)21)20-16(22)17(10-19-11-17)9-13-6-4-3-5-7-13/h3-7,12,14,19H,8-11H2,1-2H3,(H2,18,21)(H,20,22)/t14-/m0/s1. The summed E-state index contributed by atoms with van der Waals surface area (Å²) in [5.41, 5.74) is 6.06. The highest BCUT2D eigenvalue weighted by atomic mass is 16.2. The van der Waals surface area contributed by atoms with E-state index in [9.17, 15) is 9.59 Å². The summed E-state index contributed by atoms with van der Waals surface area (Å²) in [4.78, 5) is 24.2. The molecule has 5 nitrogen and oxygen atoms in total. The molecule has 0 aromatic heterocycles. The van der Waals surface area contributed by atoms with Crippen LogP contribution in [0.2, 0.25) is 0 Å². The van der Waals surface area contributed by atoms with Crippen LogP contribution >= 0.6 is 0 Å². The molecule has 1 saturated heterocycles. The highest BCUT2D eigenvalue weighted by Gasteiger charge is 2.45. The van der Waals surface area contributed by atoms with Crippen molar-refractivity contribution < 1.29 is 9.59 Å². The van der Waals surface area contributed by atoms with E-state index in [1.54, 1.807) is 0 Å². The molecule has 1 aromatic rings. The van der Waals surface area contributed by atoms with E-state index in [1.807, 2.05) is 44.2 Å². The zero-order chi connectivity index (χ0) is 16.2. The SMILES string of the molecule is CC(C)C[C@H](NC(=O)C1(Cc2ccccc2)CNC1)C(N)=O. The summed E-state index contributed by atoms with van der Waals surface area (Å²) >= 11 is 0. The molecule has 1 aliphatic rings. The Morgan fingerprint density at radius 1 is 1.27 bits per heavy atom. The lowest BCUT2D eigenvalue weighted by Gasteiger charge is -2.42. The minimum Gasteiger partial charge on any atom is -0.368 e. The van der Waals surface area contributed by atoms with E-state index >= 15 is 0 Å². The lowest BCUT2D eigenvalue weighted by Crippen LogP contribution is -2.64. The second-order valence-electron chi connectivity index (χ2n) is 6.60. The van der Waals surface area contributed by atoms with Crippen LogP contribution in [0.5, 0.6) is 0 Å². The van der Waals surface area contributed by atoms with Crippen molar-refractivity contribution in [3.63, 3.8) is 0 Å². The molecule has 1 fully saturated rings. The Balaban J connectivity index is 2.06. The highest BCUT2D eigenvalue weighted by Crippen LogP contribution is 2.28. The molecule has 2 rings (SSSR count). The van der Waals surface area contributed by atoms with Gasteiger partial charge in [-0.15, -0.1) is 0 Å². The predicted octanol–water partition coefficient (Wildman–Crippen LogP) is 0.835. The van der Waals surface area contributed by atoms with Gasteiger partial charge in [0, 0.05) is 13.1 Å². The first-order valence-electron chi connectivity index (χ1n) is 7.78. The Morgan fingerprint density at radius 2 is 1.91 bits per heavy atom. The van der Waals surface area contributed by atoms with Gasteiger partial charge in [-0.05, 0) is 24.3 Å². The number of amides is 2. The van der Waals surface area contributed by atoms with Crippen molar-refractivity contribution in [3.05, 3.63) is 35.9 Å². The van der Waals surface area contributed by atoms with Crippen molar-refractivity contribution >= 4 is 11.8 Å². The summed E-state index contributed by atoms with van der Waals surface area (Å²) in [5, 5.41) is 6.03. The fourth-order valence-corrected chi connectivity index (χ4v) is 2.81. The van der Waals surface area contributed by atoms with E-state index in [1.165, 1.54) is 0 Å². The van der Waals surface area contributed by atoms with Crippen LogP contribution in [0, 0.1) is 11.3 Å². The average molecular weight is 303 g/mol.